The first-order chi connectivity index (χ1) is 9.11. The summed E-state index contributed by atoms with van der Waals surface area (Å²) >= 11 is 0. The molecule has 1 N–H and O–H groups in total. The highest BCUT2D eigenvalue weighted by Crippen LogP contribution is 2.30. The number of carbonyl (C=O) groups excluding carboxylic acids is 1. The predicted molar refractivity (Wildman–Crippen MR) is 75.5 cm³/mol. The van der Waals surface area contributed by atoms with E-state index in [1.165, 1.54) is 5.56 Å². The van der Waals surface area contributed by atoms with Gasteiger partial charge in [-0.15, -0.1) is 0 Å². The summed E-state index contributed by atoms with van der Waals surface area (Å²) in [6.45, 7) is 0.881. The van der Waals surface area contributed by atoms with Crippen LogP contribution >= 0.6 is 0 Å². The molecule has 2 rings (SSSR count). The summed E-state index contributed by atoms with van der Waals surface area (Å²) in [7, 11) is 5.29. The average Bonchev–Trinajstić information content (AvgIpc) is 2.46. The van der Waals surface area contributed by atoms with Crippen molar-refractivity contribution in [3.63, 3.8) is 0 Å². The van der Waals surface area contributed by atoms with Crippen molar-refractivity contribution < 1.29 is 9.53 Å². The van der Waals surface area contributed by atoms with Crippen LogP contribution in [0.25, 0.3) is 0 Å². The lowest BCUT2D eigenvalue weighted by molar-refractivity contribution is -0.131. The van der Waals surface area contributed by atoms with E-state index in [4.69, 9.17) is 4.74 Å². The van der Waals surface area contributed by atoms with E-state index in [0.29, 0.717) is 5.92 Å². The number of likely N-dealkylation sites (N-methyl/N-ethyl adjacent to an activating group) is 1. The van der Waals surface area contributed by atoms with Crippen LogP contribution in [0.1, 0.15) is 24.3 Å². The lowest BCUT2D eigenvalue weighted by Crippen LogP contribution is -2.47. The fourth-order valence-electron chi connectivity index (χ4n) is 2.62. The Morgan fingerprint density at radius 3 is 2.89 bits per heavy atom. The fraction of sp³-hybridized carbons (Fsp3) is 0.533. The molecule has 2 unspecified atom stereocenters. The topological polar surface area (TPSA) is 41.6 Å². The average molecular weight is 262 g/mol. The molecule has 1 saturated heterocycles. The van der Waals surface area contributed by atoms with Crippen molar-refractivity contribution in [3.05, 3.63) is 29.8 Å². The fourth-order valence-corrected chi connectivity index (χ4v) is 2.62. The second-order valence-electron chi connectivity index (χ2n) is 5.24. The van der Waals surface area contributed by atoms with Crippen LogP contribution in [0.15, 0.2) is 24.3 Å². The van der Waals surface area contributed by atoms with E-state index in [1.807, 2.05) is 12.1 Å². The number of amides is 1. The largest absolute Gasteiger partial charge is 0.497 e. The van der Waals surface area contributed by atoms with Crippen molar-refractivity contribution >= 4 is 5.91 Å². The summed E-state index contributed by atoms with van der Waals surface area (Å²) in [5.74, 6) is 1.46. The first kappa shape index (κ1) is 13.9. The molecule has 1 amide bonds. The number of benzene rings is 1. The van der Waals surface area contributed by atoms with Crippen molar-refractivity contribution in [1.82, 2.24) is 10.2 Å². The maximum absolute atomic E-state index is 12.0. The van der Waals surface area contributed by atoms with Crippen LogP contribution in [-0.4, -0.2) is 44.6 Å². The Morgan fingerprint density at radius 1 is 1.42 bits per heavy atom. The third-order valence-electron chi connectivity index (χ3n) is 3.71. The summed E-state index contributed by atoms with van der Waals surface area (Å²) in [6, 6.07) is 8.09. The molecule has 1 aliphatic heterocycles. The maximum Gasteiger partial charge on any atom is 0.239 e. The number of hydrogen-bond acceptors (Lipinski definition) is 3. The molecule has 19 heavy (non-hydrogen) atoms. The van der Waals surface area contributed by atoms with Gasteiger partial charge >= 0.3 is 0 Å². The Labute approximate surface area is 114 Å². The van der Waals surface area contributed by atoms with Crippen LogP contribution in [0.4, 0.5) is 0 Å². The smallest absolute Gasteiger partial charge is 0.239 e. The first-order valence-corrected chi connectivity index (χ1v) is 6.70. The van der Waals surface area contributed by atoms with Crippen LogP contribution in [-0.2, 0) is 4.79 Å². The van der Waals surface area contributed by atoms with E-state index in [0.717, 1.165) is 25.1 Å². The van der Waals surface area contributed by atoms with Gasteiger partial charge in [0.05, 0.1) is 13.2 Å². The molecule has 0 bridgehead atoms. The number of carbonyl (C=O) groups is 1. The monoisotopic (exact) mass is 262 g/mol. The van der Waals surface area contributed by atoms with Crippen LogP contribution in [0.3, 0.4) is 0 Å². The number of methoxy groups -OCH3 is 1. The number of hydrogen-bond donors (Lipinski definition) is 1. The zero-order valence-electron chi connectivity index (χ0n) is 11.8. The van der Waals surface area contributed by atoms with Gasteiger partial charge in [-0.3, -0.25) is 4.79 Å². The van der Waals surface area contributed by atoms with E-state index in [2.05, 4.69) is 17.4 Å². The van der Waals surface area contributed by atoms with Crippen LogP contribution < -0.4 is 10.1 Å². The normalized spacial score (nSPS) is 22.9. The summed E-state index contributed by atoms with van der Waals surface area (Å²) in [5.41, 5.74) is 1.26. The van der Waals surface area contributed by atoms with E-state index in [1.54, 1.807) is 26.1 Å². The number of nitrogens with zero attached hydrogens (tertiary/aromatic N) is 1. The molecule has 0 aliphatic carbocycles. The summed E-state index contributed by atoms with van der Waals surface area (Å²) in [5, 5.41) is 3.31. The molecular formula is C15H22N2O2. The minimum Gasteiger partial charge on any atom is -0.497 e. The molecule has 4 nitrogen and oxygen atoms in total. The highest BCUT2D eigenvalue weighted by atomic mass is 16.5. The summed E-state index contributed by atoms with van der Waals surface area (Å²) < 4.78 is 5.27. The molecule has 0 spiro atoms. The predicted octanol–water partition coefficient (Wildman–Crippen LogP) is 1.62. The molecular weight excluding hydrogens is 240 g/mol. The minimum absolute atomic E-state index is 0.0695. The second-order valence-corrected chi connectivity index (χ2v) is 5.24. The number of piperidine rings is 1. The lowest BCUT2D eigenvalue weighted by Gasteiger charge is -2.31. The van der Waals surface area contributed by atoms with Crippen molar-refractivity contribution in [1.29, 1.82) is 0 Å². The van der Waals surface area contributed by atoms with E-state index >= 15 is 0 Å². The second kappa shape index (κ2) is 6.06. The number of ether oxygens (including phenoxy) is 1. The zero-order valence-corrected chi connectivity index (χ0v) is 11.8. The minimum atomic E-state index is -0.0695. The van der Waals surface area contributed by atoms with Gasteiger partial charge in [-0.25, -0.2) is 0 Å². The van der Waals surface area contributed by atoms with E-state index in [9.17, 15) is 4.79 Å². The molecule has 0 radical (unpaired) electrons. The van der Waals surface area contributed by atoms with E-state index < -0.39 is 0 Å². The van der Waals surface area contributed by atoms with Crippen molar-refractivity contribution in [3.8, 4) is 5.75 Å². The van der Waals surface area contributed by atoms with Crippen molar-refractivity contribution in [2.24, 2.45) is 0 Å². The summed E-state index contributed by atoms with van der Waals surface area (Å²) in [4.78, 5) is 13.7. The standard InChI is InChI=1S/C15H22N2O2/c1-17(2)15(18)14-10-12(7-8-16-14)11-5-4-6-13(9-11)19-3/h4-6,9,12,14,16H,7-8,10H2,1-3H3. The molecule has 4 heteroatoms. The highest BCUT2D eigenvalue weighted by Gasteiger charge is 2.28. The van der Waals surface area contributed by atoms with Crippen molar-refractivity contribution in [2.45, 2.75) is 24.8 Å². The van der Waals surface area contributed by atoms with Gasteiger partial charge in [0.15, 0.2) is 0 Å². The first-order valence-electron chi connectivity index (χ1n) is 6.70. The molecule has 104 valence electrons. The number of rotatable bonds is 3. The van der Waals surface area contributed by atoms with Gasteiger partial charge in [0.1, 0.15) is 5.75 Å². The quantitative estimate of drug-likeness (QED) is 0.900. The van der Waals surface area contributed by atoms with Crippen LogP contribution in [0.5, 0.6) is 5.75 Å². The SMILES string of the molecule is COc1cccc(C2CCNC(C(=O)N(C)C)C2)c1. The third kappa shape index (κ3) is 3.26. The molecule has 0 aromatic heterocycles. The van der Waals surface area contributed by atoms with E-state index in [-0.39, 0.29) is 11.9 Å². The third-order valence-corrected chi connectivity index (χ3v) is 3.71. The molecule has 0 saturated carbocycles. The molecule has 2 atom stereocenters. The van der Waals surface area contributed by atoms with Gasteiger partial charge in [0, 0.05) is 14.1 Å². The Kier molecular flexibility index (Phi) is 4.43. The Morgan fingerprint density at radius 2 is 2.21 bits per heavy atom. The van der Waals surface area contributed by atoms with Crippen molar-refractivity contribution in [2.75, 3.05) is 27.7 Å². The van der Waals surface area contributed by atoms with Crippen LogP contribution in [0, 0.1) is 0 Å². The Bertz CT molecular complexity index is 446. The molecule has 1 aliphatic rings. The lowest BCUT2D eigenvalue weighted by atomic mass is 9.86. The molecule has 1 aromatic carbocycles. The van der Waals surface area contributed by atoms with Gasteiger partial charge in [-0.1, -0.05) is 12.1 Å². The number of nitrogens with one attached hydrogen (secondary N) is 1. The van der Waals surface area contributed by atoms with Gasteiger partial charge in [0.2, 0.25) is 5.91 Å². The molecule has 1 heterocycles. The zero-order chi connectivity index (χ0) is 13.8. The summed E-state index contributed by atoms with van der Waals surface area (Å²) in [6.07, 6.45) is 1.91. The highest BCUT2D eigenvalue weighted by molar-refractivity contribution is 5.81. The Hall–Kier alpha value is -1.55. The van der Waals surface area contributed by atoms with Crippen LogP contribution in [0.2, 0.25) is 0 Å². The van der Waals surface area contributed by atoms with Gasteiger partial charge in [-0.05, 0) is 43.0 Å². The molecule has 1 fully saturated rings. The molecule has 1 aromatic rings. The van der Waals surface area contributed by atoms with Gasteiger partial charge in [0.25, 0.3) is 0 Å². The maximum atomic E-state index is 12.0. The van der Waals surface area contributed by atoms with Gasteiger partial charge < -0.3 is 15.0 Å². The van der Waals surface area contributed by atoms with Gasteiger partial charge in [-0.2, -0.15) is 0 Å². The Balaban J connectivity index is 2.10.